The number of nitrogens with zero attached hydrogens (tertiary/aromatic N) is 24. The topological polar surface area (TPSA) is 457 Å². The lowest BCUT2D eigenvalue weighted by molar-refractivity contribution is 0.416. The number of imidazole rings is 1. The van der Waals surface area contributed by atoms with Crippen LogP contribution in [0, 0.1) is 0 Å². The molecule has 37 heteroatoms. The third-order valence-corrected chi connectivity index (χ3v) is 8.22. The van der Waals surface area contributed by atoms with Gasteiger partial charge in [0.25, 0.3) is 0 Å². The van der Waals surface area contributed by atoms with Gasteiger partial charge in [0.05, 0.1) is 43.0 Å². The average Bonchev–Trinajstić information content (AvgIpc) is 4.44. The highest BCUT2D eigenvalue weighted by atomic mass is 32.1. The van der Waals surface area contributed by atoms with Crippen LogP contribution in [-0.4, -0.2) is 152 Å². The summed E-state index contributed by atoms with van der Waals surface area (Å²) < 4.78 is 17.6. The maximum atomic E-state index is 4.58. The number of hydrogen-bond acceptors (Lipinski definition) is 31. The van der Waals surface area contributed by atoms with Crippen LogP contribution in [0.2, 0.25) is 0 Å². The van der Waals surface area contributed by atoms with Crippen molar-refractivity contribution in [3.05, 3.63) is 318 Å². The molecule has 17 rings (SSSR count). The first-order valence-corrected chi connectivity index (χ1v) is 27.1. The van der Waals surface area contributed by atoms with Crippen molar-refractivity contribution < 1.29 is 17.8 Å². The van der Waals surface area contributed by atoms with Crippen molar-refractivity contribution in [1.82, 2.24) is 152 Å². The number of aromatic amines is 6. The summed E-state index contributed by atoms with van der Waals surface area (Å²) in [5.41, 5.74) is 5.15. The number of thiazole rings is 1. The number of H-pyrrole nitrogens is 6. The molecule has 89 heavy (non-hydrogen) atoms. The molecule has 34 nitrogen and oxygen atoms in total. The van der Waals surface area contributed by atoms with Crippen molar-refractivity contribution in [2.24, 2.45) is 0 Å². The molecule has 0 bridgehead atoms. The molecule has 0 unspecified atom stereocenters. The molecule has 17 heterocycles. The van der Waals surface area contributed by atoms with Gasteiger partial charge in [-0.25, -0.2) is 29.9 Å². The van der Waals surface area contributed by atoms with Gasteiger partial charge in [-0.15, -0.1) is 53.3 Å². The summed E-state index contributed by atoms with van der Waals surface area (Å²) in [4.78, 5) is 42.2. The van der Waals surface area contributed by atoms with Gasteiger partial charge in [-0.1, -0.05) is 28.6 Å². The summed E-state index contributed by atoms with van der Waals surface area (Å²) in [5, 5.41) is 63.6. The van der Waals surface area contributed by atoms with Gasteiger partial charge in [0, 0.05) is 111 Å². The zero-order valence-electron chi connectivity index (χ0n) is 46.6. The standard InChI is InChI=1S/C5H5N.3C4H4N2.C4H5N.C4H4O.C4H4S.2C3H4N2.C3H3NO.C3H3NS.2C2H3N3.2C2H2N2O.C2H2N2S.CH2N4/c1-2-4-6-5-3-1;1-2-6-4-3-5-1;1-2-5-4-6-3-1;1-2-4-6-5-3-1;3*1-2-4-5-3-1;1-2-5-3-4-1;1-2-4-5-3-1;2*1-2-5-3-4-1;1-3-2-5-4-1;1-2-4-5-3-1;1-3-4-2-5-1;1-3-2-5-4-1;1-3-4-2-5-1;1-2-4-5-3-1/h1-5H;3*1-4H;1-5H;2*1-4H;2*1-3H,(H,4,5);2*1-3H;2*1-2H,(H,3,4,5);3*1-2H;1H,(H,2,3,4,5). The third kappa shape index (κ3) is 69.3. The van der Waals surface area contributed by atoms with Crippen molar-refractivity contribution in [1.29, 1.82) is 0 Å². The number of pyridine rings is 1. The van der Waals surface area contributed by atoms with E-state index in [-0.39, 0.29) is 0 Å². The first-order chi connectivity index (χ1) is 44.5. The fourth-order valence-electron chi connectivity index (χ4n) is 3.46. The maximum absolute atomic E-state index is 4.58. The van der Waals surface area contributed by atoms with Gasteiger partial charge in [0.2, 0.25) is 19.2 Å². The van der Waals surface area contributed by atoms with Gasteiger partial charge in [-0.3, -0.25) is 30.1 Å². The maximum Gasteiger partial charge on any atom is 0.213 e. The Morgan fingerprint density at radius 1 is 0.281 bits per heavy atom. The Morgan fingerprint density at radius 2 is 0.989 bits per heavy atom. The number of oxazole rings is 1. The highest BCUT2D eigenvalue weighted by Gasteiger charge is 1.67. The smallest absolute Gasteiger partial charge is 0.213 e. The van der Waals surface area contributed by atoms with Gasteiger partial charge >= 0.3 is 0 Å². The van der Waals surface area contributed by atoms with Gasteiger partial charge in [-0.2, -0.15) is 52.4 Å². The Kier molecular flexibility index (Phi) is 59.3. The second kappa shape index (κ2) is 71.2. The summed E-state index contributed by atoms with van der Waals surface area (Å²) >= 11 is 4.81. The molecule has 0 aromatic carbocycles. The summed E-state index contributed by atoms with van der Waals surface area (Å²) in [7, 11) is 0. The first kappa shape index (κ1) is 74.1. The minimum atomic E-state index is 1.26. The van der Waals surface area contributed by atoms with Crippen molar-refractivity contribution in [3.63, 3.8) is 0 Å². The first-order valence-electron chi connectivity index (χ1n) is 24.3. The molecule has 0 aliphatic heterocycles. The Bertz CT molecular complexity index is 2290. The molecule has 0 saturated carbocycles. The fraction of sp³-hybridized carbons (Fsp3) is 0. The van der Waals surface area contributed by atoms with Crippen LogP contribution in [0.1, 0.15) is 0 Å². The van der Waals surface area contributed by atoms with Crippen molar-refractivity contribution in [2.45, 2.75) is 0 Å². The predicted molar refractivity (Wildman–Crippen MR) is 325 cm³/mol. The number of rotatable bonds is 0. The molecule has 458 valence electrons. The number of tetrazole rings is 1. The number of hydrogen-bond donors (Lipinski definition) is 6. The van der Waals surface area contributed by atoms with E-state index in [9.17, 15) is 0 Å². The third-order valence-electron chi connectivity index (χ3n) is 6.64. The summed E-state index contributed by atoms with van der Waals surface area (Å²) in [5.74, 6) is 0. The SMILES string of the molecule is c1c[nH]cn1.c1cc[nH]c1.c1ccncc1.c1ccnnc1.c1ccoc1.c1ccsc1.c1cn[nH]c1.c1cn[nH]n1.c1cnccn1.c1cncnc1.c1cocn1.c1cscn1.c1nc[nH]n1.c1ncon1.c1nn[nH]n1.c1nnco1.c1nncs1. The van der Waals surface area contributed by atoms with E-state index < -0.39 is 0 Å². The van der Waals surface area contributed by atoms with Crippen LogP contribution in [0.3, 0.4) is 0 Å². The zero-order chi connectivity index (χ0) is 62.9. The minimum absolute atomic E-state index is 1.26. The molecule has 0 spiro atoms. The van der Waals surface area contributed by atoms with Gasteiger partial charge in [-0.05, 0) is 71.4 Å². The molecule has 17 aromatic heterocycles. The van der Waals surface area contributed by atoms with Crippen molar-refractivity contribution >= 4 is 34.0 Å². The quantitative estimate of drug-likeness (QED) is 0.0826. The van der Waals surface area contributed by atoms with Crippen LogP contribution < -0.4 is 0 Å². The highest BCUT2D eigenvalue weighted by molar-refractivity contribution is 7.08. The van der Waals surface area contributed by atoms with Crippen LogP contribution in [0.4, 0.5) is 0 Å². The lowest BCUT2D eigenvalue weighted by Gasteiger charge is -1.70. The van der Waals surface area contributed by atoms with Crippen LogP contribution in [-0.2, 0) is 0 Å². The Balaban J connectivity index is 0.000000473. The van der Waals surface area contributed by atoms with Gasteiger partial charge in [0.15, 0.2) is 19.0 Å². The average molecular weight is 1260 g/mol. The number of furan rings is 1. The molecule has 17 aromatic rings. The monoisotopic (exact) mass is 1260 g/mol. The van der Waals surface area contributed by atoms with Crippen LogP contribution >= 0.6 is 34.0 Å². The number of thiophene rings is 1. The van der Waals surface area contributed by atoms with E-state index in [1.54, 1.807) is 176 Å². The normalized spacial score (nSPS) is 8.00. The Morgan fingerprint density at radius 3 is 1.18 bits per heavy atom. The van der Waals surface area contributed by atoms with Crippen LogP contribution in [0.25, 0.3) is 0 Å². The molecule has 0 fully saturated rings. The molecular weight excluding hydrogens is 1200 g/mol. The predicted octanol–water partition coefficient (Wildman–Crippen LogP) is 8.68. The van der Waals surface area contributed by atoms with E-state index in [2.05, 4.69) is 170 Å². The minimum Gasteiger partial charge on any atom is -0.473 e. The van der Waals surface area contributed by atoms with E-state index in [4.69, 9.17) is 0 Å². The van der Waals surface area contributed by atoms with E-state index in [1.807, 2.05) is 101 Å². The molecule has 0 atom stereocenters. The van der Waals surface area contributed by atoms with E-state index >= 15 is 0 Å². The van der Waals surface area contributed by atoms with Crippen molar-refractivity contribution in [3.8, 4) is 0 Å². The van der Waals surface area contributed by atoms with Gasteiger partial charge < -0.3 is 27.7 Å². The number of nitrogens with one attached hydrogen (secondary N) is 6. The Hall–Kier alpha value is -12.9. The van der Waals surface area contributed by atoms with Crippen molar-refractivity contribution in [2.75, 3.05) is 0 Å². The molecule has 0 aliphatic rings. The molecule has 6 N–H and O–H groups in total. The van der Waals surface area contributed by atoms with E-state index in [0.717, 1.165) is 0 Å². The lowest BCUT2D eigenvalue weighted by atomic mass is 10.5. The molecule has 0 aliphatic carbocycles. The molecule has 0 radical (unpaired) electrons. The second-order valence-corrected chi connectivity index (χ2v) is 15.0. The largest absolute Gasteiger partial charge is 0.473 e. The molecule has 0 saturated heterocycles. The van der Waals surface area contributed by atoms with E-state index in [1.165, 1.54) is 74.8 Å². The summed E-state index contributed by atoms with van der Waals surface area (Å²) in [6.07, 6.45) is 52.6. The second-order valence-electron chi connectivity index (χ2n) is 12.7. The fourth-order valence-corrected chi connectivity index (χ4v) is 4.53. The zero-order valence-corrected chi connectivity index (χ0v) is 49.1. The Labute approximate surface area is 519 Å². The molecular formula is C52H58N30O4S3. The summed E-state index contributed by atoms with van der Waals surface area (Å²) in [6, 6.07) is 24.6. The molecule has 0 amide bonds. The van der Waals surface area contributed by atoms with E-state index in [0.29, 0.717) is 0 Å². The summed E-state index contributed by atoms with van der Waals surface area (Å²) in [6.45, 7) is 0. The lowest BCUT2D eigenvalue weighted by Crippen LogP contribution is -1.69. The van der Waals surface area contributed by atoms with Gasteiger partial charge in [0.1, 0.15) is 36.3 Å². The number of aromatic nitrogens is 30. The highest BCUT2D eigenvalue weighted by Crippen LogP contribution is 1.91. The van der Waals surface area contributed by atoms with Crippen LogP contribution in [0.15, 0.2) is 336 Å². The van der Waals surface area contributed by atoms with Crippen LogP contribution in [0.5, 0.6) is 0 Å².